The fourth-order valence-electron chi connectivity index (χ4n) is 3.40. The van der Waals surface area contributed by atoms with E-state index in [9.17, 15) is 14.9 Å². The first kappa shape index (κ1) is 20.2. The molecular weight excluding hydrogens is 370 g/mol. The number of para-hydroxylation sites is 1. The molecule has 6 nitrogen and oxygen atoms in total. The van der Waals surface area contributed by atoms with E-state index in [1.54, 1.807) is 24.3 Å². The molecule has 0 saturated heterocycles. The summed E-state index contributed by atoms with van der Waals surface area (Å²) in [5.41, 5.74) is 0.0896. The lowest BCUT2D eigenvalue weighted by Gasteiger charge is -2.13. The largest absolute Gasteiger partial charge is 0.478 e. The quantitative estimate of drug-likeness (QED) is 0.551. The number of carbonyl (C=O) groups is 2. The molecule has 29 heavy (non-hydrogen) atoms. The summed E-state index contributed by atoms with van der Waals surface area (Å²) in [6.07, 6.45) is 1.46. The van der Waals surface area contributed by atoms with Crippen molar-refractivity contribution in [2.45, 2.75) is 20.0 Å². The average Bonchev–Trinajstić information content (AvgIpc) is 3.26. The fourth-order valence-corrected chi connectivity index (χ4v) is 3.40. The lowest BCUT2D eigenvalue weighted by Crippen LogP contribution is -2.14. The molecule has 1 saturated carbocycles. The third kappa shape index (κ3) is 4.64. The topological polar surface area (TPSA) is 96.6 Å². The first-order valence-corrected chi connectivity index (χ1v) is 9.17. The van der Waals surface area contributed by atoms with E-state index in [-0.39, 0.29) is 5.92 Å². The molecule has 0 heterocycles. The number of carboxylic acid groups (broad SMARTS) is 1. The van der Waals surface area contributed by atoms with E-state index in [4.69, 9.17) is 14.6 Å². The van der Waals surface area contributed by atoms with Crippen molar-refractivity contribution < 1.29 is 24.2 Å². The number of carbonyl (C=O) groups excluding carboxylic acids is 1. The number of carboxylic acids is 1. The van der Waals surface area contributed by atoms with Gasteiger partial charge in [-0.15, -0.1) is 0 Å². The maximum absolute atomic E-state index is 12.6. The Labute approximate surface area is 169 Å². The number of nitriles is 1. The summed E-state index contributed by atoms with van der Waals surface area (Å²) in [5.74, 6) is -1.13. The van der Waals surface area contributed by atoms with Crippen LogP contribution >= 0.6 is 0 Å². The average molecular weight is 391 g/mol. The van der Waals surface area contributed by atoms with Crippen LogP contribution in [0.5, 0.6) is 11.5 Å². The Morgan fingerprint density at radius 1 is 1.14 bits per heavy atom. The lowest BCUT2D eigenvalue weighted by atomic mass is 10.1. The molecule has 6 heteroatoms. The molecule has 0 radical (unpaired) electrons. The van der Waals surface area contributed by atoms with Crippen LogP contribution in [-0.2, 0) is 14.3 Å². The molecule has 0 aliphatic heterocycles. The number of benzene rings is 2. The van der Waals surface area contributed by atoms with Gasteiger partial charge in [0.15, 0.2) is 0 Å². The number of hydrogen-bond acceptors (Lipinski definition) is 5. The summed E-state index contributed by atoms with van der Waals surface area (Å²) in [7, 11) is 0. The first-order chi connectivity index (χ1) is 13.8. The van der Waals surface area contributed by atoms with Crippen molar-refractivity contribution in [3.8, 4) is 17.6 Å². The molecule has 1 unspecified atom stereocenters. The van der Waals surface area contributed by atoms with Crippen LogP contribution in [0.25, 0.3) is 0 Å². The van der Waals surface area contributed by atoms with Gasteiger partial charge in [-0.05, 0) is 35.6 Å². The number of nitrogens with zero attached hydrogens (tertiary/aromatic N) is 1. The van der Waals surface area contributed by atoms with Crippen LogP contribution in [0, 0.1) is 28.6 Å². The normalized spacial score (nSPS) is 20.4. The molecule has 0 aromatic heterocycles. The Bertz CT molecular complexity index is 974. The van der Waals surface area contributed by atoms with Crippen molar-refractivity contribution in [2.24, 2.45) is 17.3 Å². The molecule has 0 bridgehead atoms. The molecule has 148 valence electrons. The summed E-state index contributed by atoms with van der Waals surface area (Å²) < 4.78 is 11.2. The minimum absolute atomic E-state index is 0.238. The van der Waals surface area contributed by atoms with E-state index in [0.717, 1.165) is 6.08 Å². The zero-order valence-corrected chi connectivity index (χ0v) is 16.1. The van der Waals surface area contributed by atoms with E-state index < -0.39 is 29.4 Å². The van der Waals surface area contributed by atoms with Crippen molar-refractivity contribution in [3.63, 3.8) is 0 Å². The van der Waals surface area contributed by atoms with Gasteiger partial charge in [-0.2, -0.15) is 5.26 Å². The second-order valence-corrected chi connectivity index (χ2v) is 7.46. The number of aliphatic carboxylic acids is 1. The van der Waals surface area contributed by atoms with Crippen molar-refractivity contribution in [1.29, 1.82) is 5.26 Å². The fraction of sp³-hybridized carbons (Fsp3) is 0.261. The van der Waals surface area contributed by atoms with E-state index in [1.165, 1.54) is 6.08 Å². The summed E-state index contributed by atoms with van der Waals surface area (Å²) in [6, 6.07) is 18.1. The molecule has 0 amide bonds. The van der Waals surface area contributed by atoms with Gasteiger partial charge < -0.3 is 14.6 Å². The van der Waals surface area contributed by atoms with Gasteiger partial charge >= 0.3 is 11.9 Å². The van der Waals surface area contributed by atoms with Gasteiger partial charge in [-0.25, -0.2) is 4.79 Å². The Morgan fingerprint density at radius 2 is 1.83 bits per heavy atom. The summed E-state index contributed by atoms with van der Waals surface area (Å²) in [5, 5.41) is 18.3. The zero-order valence-electron chi connectivity index (χ0n) is 16.1. The van der Waals surface area contributed by atoms with Gasteiger partial charge in [0, 0.05) is 11.6 Å². The number of hydrogen-bond donors (Lipinski definition) is 1. The molecular formula is C23H21NO5. The first-order valence-electron chi connectivity index (χ1n) is 9.17. The highest BCUT2D eigenvalue weighted by Crippen LogP contribution is 2.59. The van der Waals surface area contributed by atoms with Crippen molar-refractivity contribution in [3.05, 3.63) is 72.3 Å². The SMILES string of the molecule is CC1(C)[C@H](C(=O)OC(C#N)c2cccc(Oc3ccccc3)c2)[C@@H]1/C=C\C(=O)O. The van der Waals surface area contributed by atoms with Crippen LogP contribution < -0.4 is 4.74 Å². The van der Waals surface area contributed by atoms with Crippen LogP contribution in [0.15, 0.2) is 66.7 Å². The van der Waals surface area contributed by atoms with E-state index >= 15 is 0 Å². The van der Waals surface area contributed by atoms with Gasteiger partial charge in [0.2, 0.25) is 6.10 Å². The molecule has 1 N–H and O–H groups in total. The van der Waals surface area contributed by atoms with Crippen LogP contribution in [0.4, 0.5) is 0 Å². The van der Waals surface area contributed by atoms with E-state index in [2.05, 4.69) is 0 Å². The van der Waals surface area contributed by atoms with Gasteiger partial charge in [0.05, 0.1) is 5.92 Å². The van der Waals surface area contributed by atoms with Crippen molar-refractivity contribution in [1.82, 2.24) is 0 Å². The van der Waals surface area contributed by atoms with E-state index in [1.807, 2.05) is 50.2 Å². The number of allylic oxidation sites excluding steroid dienone is 1. The minimum Gasteiger partial charge on any atom is -0.478 e. The summed E-state index contributed by atoms with van der Waals surface area (Å²) in [4.78, 5) is 23.3. The summed E-state index contributed by atoms with van der Waals surface area (Å²) in [6.45, 7) is 3.73. The van der Waals surface area contributed by atoms with Gasteiger partial charge in [-0.3, -0.25) is 4.79 Å². The van der Waals surface area contributed by atoms with Crippen LogP contribution in [0.1, 0.15) is 25.5 Å². The highest BCUT2D eigenvalue weighted by molar-refractivity contribution is 5.82. The predicted octanol–water partition coefficient (Wildman–Crippen LogP) is 4.50. The standard InChI is InChI=1S/C23H21NO5/c1-23(2)18(11-12-20(25)26)21(23)22(27)29-19(14-24)15-7-6-10-17(13-15)28-16-8-4-3-5-9-16/h3-13,18-19,21H,1-2H3,(H,25,26)/b12-11-/t18-,19?,21-/m0/s1. The van der Waals surface area contributed by atoms with Crippen molar-refractivity contribution >= 4 is 11.9 Å². The van der Waals surface area contributed by atoms with Gasteiger partial charge in [0.1, 0.15) is 17.6 Å². The molecule has 2 aromatic carbocycles. The molecule has 3 atom stereocenters. The maximum atomic E-state index is 12.6. The Balaban J connectivity index is 1.70. The third-order valence-electron chi connectivity index (χ3n) is 5.10. The Morgan fingerprint density at radius 3 is 2.48 bits per heavy atom. The number of rotatable bonds is 7. The van der Waals surface area contributed by atoms with Gasteiger partial charge in [-0.1, -0.05) is 50.3 Å². The van der Waals surface area contributed by atoms with Crippen LogP contribution in [0.2, 0.25) is 0 Å². The number of ether oxygens (including phenoxy) is 2. The van der Waals surface area contributed by atoms with Crippen LogP contribution in [-0.4, -0.2) is 17.0 Å². The monoisotopic (exact) mass is 391 g/mol. The molecule has 1 aliphatic carbocycles. The van der Waals surface area contributed by atoms with Crippen molar-refractivity contribution in [2.75, 3.05) is 0 Å². The smallest absolute Gasteiger partial charge is 0.327 e. The van der Waals surface area contributed by atoms with E-state index in [0.29, 0.717) is 17.1 Å². The Kier molecular flexibility index (Phi) is 5.69. The molecule has 1 aliphatic rings. The second-order valence-electron chi connectivity index (χ2n) is 7.46. The molecule has 0 spiro atoms. The highest BCUT2D eigenvalue weighted by Gasteiger charge is 2.61. The highest BCUT2D eigenvalue weighted by atomic mass is 16.5. The molecule has 2 aromatic rings. The third-order valence-corrected chi connectivity index (χ3v) is 5.10. The minimum atomic E-state index is -1.08. The predicted molar refractivity (Wildman–Crippen MR) is 105 cm³/mol. The van der Waals surface area contributed by atoms with Crippen LogP contribution in [0.3, 0.4) is 0 Å². The number of esters is 1. The van der Waals surface area contributed by atoms with Gasteiger partial charge in [0.25, 0.3) is 0 Å². The molecule has 3 rings (SSSR count). The Hall–Kier alpha value is -3.59. The second kappa shape index (κ2) is 8.19. The molecule has 1 fully saturated rings. The maximum Gasteiger partial charge on any atom is 0.327 e. The summed E-state index contributed by atoms with van der Waals surface area (Å²) >= 11 is 0. The zero-order chi connectivity index (χ0) is 21.0. The lowest BCUT2D eigenvalue weighted by molar-refractivity contribution is -0.149.